The molecule has 0 fully saturated rings. The Labute approximate surface area is 150 Å². The van der Waals surface area contributed by atoms with Crippen molar-refractivity contribution < 1.29 is 14.0 Å². The van der Waals surface area contributed by atoms with Crippen LogP contribution in [0.2, 0.25) is 0 Å². The minimum absolute atomic E-state index is 0.0566. The number of hydrogen-bond acceptors (Lipinski definition) is 5. The molecule has 0 aliphatic rings. The minimum Gasteiger partial charge on any atom is -0.439 e. The van der Waals surface area contributed by atoms with E-state index in [-0.39, 0.29) is 17.4 Å². The normalized spacial score (nSPS) is 11.7. The van der Waals surface area contributed by atoms with E-state index in [4.69, 9.17) is 4.42 Å². The maximum atomic E-state index is 12.8. The topological polar surface area (TPSA) is 87.2 Å². The van der Waals surface area contributed by atoms with Gasteiger partial charge < -0.3 is 9.32 Å². The number of amides is 1. The third kappa shape index (κ3) is 3.20. The number of aromatic nitrogens is 1. The van der Waals surface area contributed by atoms with Gasteiger partial charge in [-0.2, -0.15) is 5.26 Å². The quantitative estimate of drug-likeness (QED) is 0.660. The molecule has 0 saturated carbocycles. The molecule has 2 aromatic carbocycles. The van der Waals surface area contributed by atoms with Gasteiger partial charge in [0.25, 0.3) is 5.91 Å². The maximum Gasteiger partial charge on any atom is 0.253 e. The van der Waals surface area contributed by atoms with E-state index in [1.807, 2.05) is 13.0 Å². The number of oxazole rings is 1. The van der Waals surface area contributed by atoms with Gasteiger partial charge in [0.1, 0.15) is 5.52 Å². The summed E-state index contributed by atoms with van der Waals surface area (Å²) in [5, 5.41) is 9.50. The highest BCUT2D eigenvalue weighted by Crippen LogP contribution is 2.24. The monoisotopic (exact) mass is 347 g/mol. The van der Waals surface area contributed by atoms with E-state index in [0.717, 1.165) is 0 Å². The van der Waals surface area contributed by atoms with Crippen molar-refractivity contribution in [1.82, 2.24) is 9.88 Å². The van der Waals surface area contributed by atoms with Gasteiger partial charge in [-0.25, -0.2) is 4.98 Å². The molecule has 1 heterocycles. The first kappa shape index (κ1) is 17.4. The first-order valence-electron chi connectivity index (χ1n) is 8.20. The van der Waals surface area contributed by atoms with Gasteiger partial charge in [-0.3, -0.25) is 9.59 Å². The SMILES string of the molecule is CCN(C)C(=O)c1cccc(C(=O)C(C#N)c2nc3ccccc3o2)c1. The van der Waals surface area contributed by atoms with Crippen LogP contribution >= 0.6 is 0 Å². The average molecular weight is 347 g/mol. The summed E-state index contributed by atoms with van der Waals surface area (Å²) in [5.41, 5.74) is 1.77. The molecule has 0 aliphatic carbocycles. The zero-order valence-corrected chi connectivity index (χ0v) is 14.5. The van der Waals surface area contributed by atoms with Crippen LogP contribution in [0.1, 0.15) is 39.4 Å². The lowest BCUT2D eigenvalue weighted by atomic mass is 9.97. The lowest BCUT2D eigenvalue weighted by Crippen LogP contribution is -2.26. The van der Waals surface area contributed by atoms with Crippen LogP contribution in [-0.2, 0) is 0 Å². The molecule has 0 radical (unpaired) electrons. The summed E-state index contributed by atoms with van der Waals surface area (Å²) in [6.45, 7) is 2.42. The molecule has 1 aromatic heterocycles. The smallest absolute Gasteiger partial charge is 0.253 e. The maximum absolute atomic E-state index is 12.8. The predicted molar refractivity (Wildman–Crippen MR) is 95.8 cm³/mol. The van der Waals surface area contributed by atoms with Crippen molar-refractivity contribution in [3.05, 3.63) is 65.5 Å². The van der Waals surface area contributed by atoms with E-state index in [0.29, 0.717) is 23.2 Å². The molecule has 3 rings (SSSR count). The first-order chi connectivity index (χ1) is 12.5. The highest BCUT2D eigenvalue weighted by atomic mass is 16.3. The molecule has 3 aromatic rings. The summed E-state index contributed by atoms with van der Waals surface area (Å²) in [7, 11) is 1.69. The summed E-state index contributed by atoms with van der Waals surface area (Å²) < 4.78 is 5.57. The number of benzene rings is 2. The Morgan fingerprint density at radius 2 is 1.92 bits per heavy atom. The molecule has 1 atom stereocenters. The number of ketones is 1. The average Bonchev–Trinajstić information content (AvgIpc) is 3.11. The van der Waals surface area contributed by atoms with Gasteiger partial charge in [0.2, 0.25) is 5.89 Å². The number of carbonyl (C=O) groups is 2. The standard InChI is InChI=1S/C20H17N3O3/c1-3-23(2)20(25)14-8-6-7-13(11-14)18(24)15(12-21)19-22-16-9-4-5-10-17(16)26-19/h4-11,15H,3H2,1-2H3. The second-order valence-electron chi connectivity index (χ2n) is 5.85. The van der Waals surface area contributed by atoms with Crippen LogP contribution < -0.4 is 0 Å². The number of fused-ring (bicyclic) bond motifs is 1. The van der Waals surface area contributed by atoms with Crippen LogP contribution in [0.15, 0.2) is 52.9 Å². The van der Waals surface area contributed by atoms with Crippen LogP contribution in [0.25, 0.3) is 11.1 Å². The number of para-hydroxylation sites is 2. The van der Waals surface area contributed by atoms with Crippen molar-refractivity contribution in [1.29, 1.82) is 5.26 Å². The van der Waals surface area contributed by atoms with Crippen LogP contribution in [0.4, 0.5) is 0 Å². The third-order valence-electron chi connectivity index (χ3n) is 4.16. The minimum atomic E-state index is -1.17. The number of nitriles is 1. The van der Waals surface area contributed by atoms with Gasteiger partial charge in [-0.05, 0) is 31.2 Å². The van der Waals surface area contributed by atoms with E-state index in [1.54, 1.807) is 54.4 Å². The van der Waals surface area contributed by atoms with Crippen molar-refractivity contribution in [3.8, 4) is 6.07 Å². The second kappa shape index (κ2) is 7.19. The molecule has 6 heteroatoms. The molecule has 26 heavy (non-hydrogen) atoms. The van der Waals surface area contributed by atoms with Gasteiger partial charge in [0, 0.05) is 24.7 Å². The van der Waals surface area contributed by atoms with Crippen LogP contribution in [0.3, 0.4) is 0 Å². The fourth-order valence-corrected chi connectivity index (χ4v) is 2.58. The van der Waals surface area contributed by atoms with Crippen molar-refractivity contribution >= 4 is 22.8 Å². The molecule has 0 bridgehead atoms. The molecule has 1 unspecified atom stereocenters. The van der Waals surface area contributed by atoms with Crippen LogP contribution in [0, 0.1) is 11.3 Å². The third-order valence-corrected chi connectivity index (χ3v) is 4.16. The molecule has 0 spiro atoms. The predicted octanol–water partition coefficient (Wildman–Crippen LogP) is 3.41. The van der Waals surface area contributed by atoms with Crippen LogP contribution in [0.5, 0.6) is 0 Å². The Kier molecular flexibility index (Phi) is 4.81. The first-order valence-corrected chi connectivity index (χ1v) is 8.20. The zero-order valence-electron chi connectivity index (χ0n) is 14.5. The van der Waals surface area contributed by atoms with Gasteiger partial charge in [-0.15, -0.1) is 0 Å². The Balaban J connectivity index is 1.94. The largest absolute Gasteiger partial charge is 0.439 e. The van der Waals surface area contributed by atoms with Crippen molar-refractivity contribution in [3.63, 3.8) is 0 Å². The lowest BCUT2D eigenvalue weighted by molar-refractivity contribution is 0.0802. The molecule has 0 saturated heterocycles. The van der Waals surface area contributed by atoms with E-state index < -0.39 is 11.7 Å². The van der Waals surface area contributed by atoms with Gasteiger partial charge in [0.15, 0.2) is 17.3 Å². The summed E-state index contributed by atoms with van der Waals surface area (Å²) >= 11 is 0. The fraction of sp³-hybridized carbons (Fsp3) is 0.200. The number of Topliss-reactive ketones (excluding diaryl/α,β-unsaturated/α-hetero) is 1. The number of hydrogen-bond donors (Lipinski definition) is 0. The Morgan fingerprint density at radius 3 is 2.62 bits per heavy atom. The molecule has 6 nitrogen and oxygen atoms in total. The van der Waals surface area contributed by atoms with Gasteiger partial charge >= 0.3 is 0 Å². The summed E-state index contributed by atoms with van der Waals surface area (Å²) in [6, 6.07) is 15.4. The van der Waals surface area contributed by atoms with E-state index in [1.165, 1.54) is 6.07 Å². The highest BCUT2D eigenvalue weighted by Gasteiger charge is 2.27. The Hall–Kier alpha value is -3.46. The summed E-state index contributed by atoms with van der Waals surface area (Å²) in [5.74, 6) is -1.75. The van der Waals surface area contributed by atoms with Crippen molar-refractivity contribution in [2.24, 2.45) is 0 Å². The fourth-order valence-electron chi connectivity index (χ4n) is 2.58. The molecular weight excluding hydrogens is 330 g/mol. The number of rotatable bonds is 5. The van der Waals surface area contributed by atoms with E-state index >= 15 is 0 Å². The van der Waals surface area contributed by atoms with Crippen LogP contribution in [-0.4, -0.2) is 35.2 Å². The molecule has 0 aliphatic heterocycles. The zero-order chi connectivity index (χ0) is 18.7. The van der Waals surface area contributed by atoms with Gasteiger partial charge in [-0.1, -0.05) is 24.3 Å². The van der Waals surface area contributed by atoms with Crippen molar-refractivity contribution in [2.75, 3.05) is 13.6 Å². The van der Waals surface area contributed by atoms with Crippen molar-refractivity contribution in [2.45, 2.75) is 12.8 Å². The molecule has 130 valence electrons. The Morgan fingerprint density at radius 1 is 1.19 bits per heavy atom. The summed E-state index contributed by atoms with van der Waals surface area (Å²) in [6.07, 6.45) is 0. The number of carbonyl (C=O) groups excluding carboxylic acids is 2. The second-order valence-corrected chi connectivity index (χ2v) is 5.85. The van der Waals surface area contributed by atoms with Gasteiger partial charge in [0.05, 0.1) is 6.07 Å². The molecular formula is C20H17N3O3. The number of nitrogens with zero attached hydrogens (tertiary/aromatic N) is 3. The summed E-state index contributed by atoms with van der Waals surface area (Å²) in [4.78, 5) is 30.9. The highest BCUT2D eigenvalue weighted by molar-refractivity contribution is 6.04. The van der Waals surface area contributed by atoms with E-state index in [2.05, 4.69) is 4.98 Å². The molecule has 0 N–H and O–H groups in total. The molecule has 1 amide bonds. The lowest BCUT2D eigenvalue weighted by Gasteiger charge is -2.15. The Bertz CT molecular complexity index is 983. The van der Waals surface area contributed by atoms with E-state index in [9.17, 15) is 14.9 Å².